The lowest BCUT2D eigenvalue weighted by atomic mass is 9.58. The fraction of sp³-hybridized carbons (Fsp3) is 0.778. The average Bonchev–Trinajstić information content (AvgIpc) is 2.27. The smallest absolute Gasteiger partial charge is 0.408 e. The van der Waals surface area contributed by atoms with Gasteiger partial charge in [-0.05, 0) is 50.0 Å². The van der Waals surface area contributed by atoms with Gasteiger partial charge in [0.2, 0.25) is 0 Å². The van der Waals surface area contributed by atoms with Crippen LogP contribution in [0, 0.1) is 16.7 Å². The van der Waals surface area contributed by atoms with Crippen LogP contribution in [0.2, 0.25) is 0 Å². The van der Waals surface area contributed by atoms with Crippen LogP contribution in [-0.4, -0.2) is 33.9 Å². The van der Waals surface area contributed by atoms with E-state index in [0.717, 1.165) is 0 Å². The number of ether oxygens (including phenoxy) is 1. The lowest BCUT2D eigenvalue weighted by molar-refractivity contribution is -0.140. The summed E-state index contributed by atoms with van der Waals surface area (Å²) in [5.41, 5.74) is -1.36. The topological polar surface area (TPSA) is 95.9 Å². The lowest BCUT2D eigenvalue weighted by Crippen LogP contribution is -2.49. The van der Waals surface area contributed by atoms with Crippen LogP contribution in [-0.2, 0) is 9.53 Å². The Morgan fingerprint density at radius 3 is 2.29 bits per heavy atom. The van der Waals surface area contributed by atoms with Gasteiger partial charge in [-0.1, -0.05) is 27.7 Å². The first-order valence-electron chi connectivity index (χ1n) is 8.27. The quantitative estimate of drug-likeness (QED) is 0.721. The number of hydrogen-bond acceptors (Lipinski definition) is 4. The van der Waals surface area contributed by atoms with Crippen LogP contribution in [0.4, 0.5) is 4.79 Å². The largest absolute Gasteiger partial charge is 0.513 e. The van der Waals surface area contributed by atoms with Crippen LogP contribution in [0.3, 0.4) is 0 Å². The number of carboxylic acids is 1. The predicted molar refractivity (Wildman–Crippen MR) is 91.8 cm³/mol. The maximum absolute atomic E-state index is 11.9. The summed E-state index contributed by atoms with van der Waals surface area (Å²) in [4.78, 5) is 23.6. The number of rotatable bonds is 4. The fourth-order valence-corrected chi connectivity index (χ4v) is 3.71. The van der Waals surface area contributed by atoms with Crippen LogP contribution >= 0.6 is 0 Å². The van der Waals surface area contributed by atoms with Gasteiger partial charge in [-0.25, -0.2) is 9.59 Å². The van der Waals surface area contributed by atoms with Gasteiger partial charge in [0, 0.05) is 6.42 Å². The molecule has 24 heavy (non-hydrogen) atoms. The molecule has 1 aliphatic rings. The van der Waals surface area contributed by atoms with Crippen molar-refractivity contribution in [2.24, 2.45) is 16.7 Å². The van der Waals surface area contributed by atoms with E-state index in [9.17, 15) is 19.8 Å². The second-order valence-corrected chi connectivity index (χ2v) is 8.95. The molecule has 2 atom stereocenters. The zero-order chi connectivity index (χ0) is 18.9. The van der Waals surface area contributed by atoms with Gasteiger partial charge in [0.15, 0.2) is 0 Å². The van der Waals surface area contributed by atoms with E-state index in [1.54, 1.807) is 26.8 Å². The Hall–Kier alpha value is -1.72. The van der Waals surface area contributed by atoms with E-state index in [-0.39, 0.29) is 23.2 Å². The molecule has 0 fully saturated rings. The molecule has 6 heteroatoms. The minimum atomic E-state index is -1.09. The number of nitrogens with one attached hydrogen (secondary N) is 1. The molecule has 0 aromatic heterocycles. The van der Waals surface area contributed by atoms with Gasteiger partial charge in [-0.3, -0.25) is 0 Å². The van der Waals surface area contributed by atoms with Crippen LogP contribution in [0.1, 0.15) is 61.3 Å². The minimum absolute atomic E-state index is 0.0306. The number of hydrogen-bond donors (Lipinski definition) is 3. The van der Waals surface area contributed by atoms with E-state index in [4.69, 9.17) is 4.74 Å². The molecule has 0 bridgehead atoms. The van der Waals surface area contributed by atoms with Crippen LogP contribution in [0.15, 0.2) is 11.8 Å². The normalized spacial score (nSPS) is 23.8. The van der Waals surface area contributed by atoms with E-state index < -0.39 is 23.7 Å². The van der Waals surface area contributed by atoms with Crippen molar-refractivity contribution in [1.82, 2.24) is 5.32 Å². The van der Waals surface area contributed by atoms with E-state index in [2.05, 4.69) is 5.32 Å². The standard InChI is InChI=1S/C18H31NO5/c1-16(2,3)24-15(23)19-12(14(21)22)8-13-17(4,5)9-11(20)10-18(13,6)7/h9,12-13,20H,8,10H2,1-7H3,(H,19,23)(H,21,22)/t12-,13?/m0/s1. The SMILES string of the molecule is CC(C)(C)OC(=O)N[C@@H](CC1C(C)(C)C=C(O)CC1(C)C)C(=O)O. The molecule has 1 aliphatic carbocycles. The van der Waals surface area contributed by atoms with Gasteiger partial charge in [0.1, 0.15) is 11.6 Å². The first kappa shape index (κ1) is 20.3. The van der Waals surface area contributed by atoms with Crippen molar-refractivity contribution >= 4 is 12.1 Å². The molecule has 1 unspecified atom stereocenters. The summed E-state index contributed by atoms with van der Waals surface area (Å²) >= 11 is 0. The number of amides is 1. The number of allylic oxidation sites excluding steroid dienone is 2. The molecule has 0 radical (unpaired) electrons. The van der Waals surface area contributed by atoms with Crippen LogP contribution in [0.5, 0.6) is 0 Å². The Morgan fingerprint density at radius 2 is 1.88 bits per heavy atom. The number of aliphatic hydroxyl groups is 1. The van der Waals surface area contributed by atoms with Crippen molar-refractivity contribution in [1.29, 1.82) is 0 Å². The zero-order valence-electron chi connectivity index (χ0n) is 15.8. The molecule has 6 nitrogen and oxygen atoms in total. The summed E-state index contributed by atoms with van der Waals surface area (Å²) in [5, 5.41) is 21.9. The highest BCUT2D eigenvalue weighted by Gasteiger charge is 2.45. The third-order valence-electron chi connectivity index (χ3n) is 4.48. The Bertz CT molecular complexity index is 528. The second-order valence-electron chi connectivity index (χ2n) is 8.95. The number of aliphatic carboxylic acids is 1. The van der Waals surface area contributed by atoms with Gasteiger partial charge < -0.3 is 20.3 Å². The van der Waals surface area contributed by atoms with Crippen molar-refractivity contribution in [3.63, 3.8) is 0 Å². The molecule has 1 amide bonds. The highest BCUT2D eigenvalue weighted by atomic mass is 16.6. The highest BCUT2D eigenvalue weighted by molar-refractivity contribution is 5.80. The highest BCUT2D eigenvalue weighted by Crippen LogP contribution is 2.51. The molecule has 0 aromatic rings. The molecule has 0 spiro atoms. The number of carbonyl (C=O) groups is 2. The van der Waals surface area contributed by atoms with Gasteiger partial charge in [-0.2, -0.15) is 0 Å². The van der Waals surface area contributed by atoms with E-state index in [1.165, 1.54) is 0 Å². The molecule has 0 aliphatic heterocycles. The molecule has 0 saturated heterocycles. The zero-order valence-corrected chi connectivity index (χ0v) is 15.8. The summed E-state index contributed by atoms with van der Waals surface area (Å²) in [6.45, 7) is 13.1. The van der Waals surface area contributed by atoms with Crippen LogP contribution < -0.4 is 5.32 Å². The average molecular weight is 341 g/mol. The molecule has 0 heterocycles. The summed E-state index contributed by atoms with van der Waals surface area (Å²) in [6.07, 6.45) is 1.80. The Labute approximate surface area is 144 Å². The molecule has 3 N–H and O–H groups in total. The molecule has 0 aromatic carbocycles. The third-order valence-corrected chi connectivity index (χ3v) is 4.48. The summed E-state index contributed by atoms with van der Waals surface area (Å²) < 4.78 is 5.16. The molecule has 1 rings (SSSR count). The summed E-state index contributed by atoms with van der Waals surface area (Å²) in [6, 6.07) is -1.04. The number of aliphatic hydroxyl groups excluding tert-OH is 1. The Kier molecular flexibility index (Phi) is 5.63. The second kappa shape index (κ2) is 6.65. The van der Waals surface area contributed by atoms with E-state index in [1.807, 2.05) is 27.7 Å². The maximum Gasteiger partial charge on any atom is 0.408 e. The lowest BCUT2D eigenvalue weighted by Gasteiger charge is -2.47. The molecular formula is C18H31NO5. The Balaban J connectivity index is 2.95. The molecule has 138 valence electrons. The van der Waals surface area contributed by atoms with Crippen molar-refractivity contribution in [3.05, 3.63) is 11.8 Å². The first-order chi connectivity index (χ1) is 10.6. The molecule has 0 saturated carbocycles. The number of carbonyl (C=O) groups excluding carboxylic acids is 1. The monoisotopic (exact) mass is 341 g/mol. The van der Waals surface area contributed by atoms with Gasteiger partial charge >= 0.3 is 12.1 Å². The first-order valence-corrected chi connectivity index (χ1v) is 8.27. The van der Waals surface area contributed by atoms with Crippen molar-refractivity contribution in [2.45, 2.75) is 73.0 Å². The molecular weight excluding hydrogens is 310 g/mol. The van der Waals surface area contributed by atoms with Crippen molar-refractivity contribution in [2.75, 3.05) is 0 Å². The van der Waals surface area contributed by atoms with E-state index >= 15 is 0 Å². The minimum Gasteiger partial charge on any atom is -0.513 e. The predicted octanol–water partition coefficient (Wildman–Crippen LogP) is 3.87. The number of alkyl carbamates (subject to hydrolysis) is 1. The van der Waals surface area contributed by atoms with Gasteiger partial charge in [-0.15, -0.1) is 0 Å². The third kappa shape index (κ3) is 5.42. The maximum atomic E-state index is 11.9. The fourth-order valence-electron chi connectivity index (χ4n) is 3.71. The van der Waals surface area contributed by atoms with Crippen molar-refractivity contribution in [3.8, 4) is 0 Å². The summed E-state index contributed by atoms with van der Waals surface area (Å²) in [5.74, 6) is -0.795. The van der Waals surface area contributed by atoms with Gasteiger partial charge in [0.05, 0.1) is 5.76 Å². The number of carboxylic acid groups (broad SMARTS) is 1. The van der Waals surface area contributed by atoms with Crippen LogP contribution in [0.25, 0.3) is 0 Å². The van der Waals surface area contributed by atoms with E-state index in [0.29, 0.717) is 12.2 Å². The van der Waals surface area contributed by atoms with Gasteiger partial charge in [0.25, 0.3) is 0 Å². The summed E-state index contributed by atoms with van der Waals surface area (Å²) in [7, 11) is 0. The van der Waals surface area contributed by atoms with Crippen molar-refractivity contribution < 1.29 is 24.5 Å². The Morgan fingerprint density at radius 1 is 1.33 bits per heavy atom.